The molecule has 324 valence electrons. The van der Waals surface area contributed by atoms with Crippen molar-refractivity contribution in [2.45, 2.75) is 79.8 Å². The van der Waals surface area contributed by atoms with Gasteiger partial charge in [0.1, 0.15) is 45.2 Å². The number of carbonyl (C=O) groups excluding carboxylic acids is 4. The van der Waals surface area contributed by atoms with E-state index in [1.54, 1.807) is 55.4 Å². The molecule has 0 saturated carbocycles. The molecule has 1 aliphatic rings. The van der Waals surface area contributed by atoms with Crippen LogP contribution in [-0.2, 0) is 18.9 Å². The lowest BCUT2D eigenvalue weighted by Gasteiger charge is -2.21. The molecular formula is C48H44N8O8. The van der Waals surface area contributed by atoms with Crippen molar-refractivity contribution in [3.8, 4) is 0 Å². The van der Waals surface area contributed by atoms with Crippen LogP contribution >= 0.6 is 0 Å². The Hall–Kier alpha value is -7.88. The molecule has 1 aliphatic heterocycles. The van der Waals surface area contributed by atoms with Crippen molar-refractivity contribution < 1.29 is 38.1 Å². The van der Waals surface area contributed by atoms with Gasteiger partial charge in [0.05, 0.1) is 46.7 Å². The van der Waals surface area contributed by atoms with E-state index in [9.17, 15) is 19.2 Å². The number of fused-ring (bicyclic) bond motifs is 20. The summed E-state index contributed by atoms with van der Waals surface area (Å²) < 4.78 is 23.2. The first kappa shape index (κ1) is 41.5. The molecule has 0 aliphatic carbocycles. The molecular weight excluding hydrogens is 817 g/mol. The average Bonchev–Trinajstić information content (AvgIpc) is 3.97. The molecule has 8 bridgehead atoms. The van der Waals surface area contributed by atoms with E-state index in [1.807, 2.05) is 72.8 Å². The van der Waals surface area contributed by atoms with Gasteiger partial charge in [-0.15, -0.1) is 0 Å². The Morgan fingerprint density at radius 2 is 0.609 bits per heavy atom. The molecule has 16 nitrogen and oxygen atoms in total. The van der Waals surface area contributed by atoms with Crippen LogP contribution in [0.2, 0.25) is 0 Å². The molecule has 0 amide bonds. The number of benzene rings is 4. The summed E-state index contributed by atoms with van der Waals surface area (Å²) in [4.78, 5) is 92.6. The predicted octanol–water partition coefficient (Wildman–Crippen LogP) is 7.99. The monoisotopic (exact) mass is 860 g/mol. The van der Waals surface area contributed by atoms with Crippen molar-refractivity contribution in [3.63, 3.8) is 0 Å². The zero-order valence-electron chi connectivity index (χ0n) is 36.3. The summed E-state index contributed by atoms with van der Waals surface area (Å²) in [7, 11) is 0. The van der Waals surface area contributed by atoms with Crippen LogP contribution in [0.25, 0.3) is 43.1 Å². The van der Waals surface area contributed by atoms with Crippen LogP contribution in [-0.4, -0.2) is 68.2 Å². The van der Waals surface area contributed by atoms with Crippen molar-refractivity contribution in [3.05, 3.63) is 117 Å². The second kappa shape index (κ2) is 16.1. The van der Waals surface area contributed by atoms with Gasteiger partial charge in [-0.2, -0.15) is 0 Å². The summed E-state index contributed by atoms with van der Waals surface area (Å²) in [5.74, 6) is -2.67. The number of hydrogen-bond acceptors (Lipinski definition) is 12. The van der Waals surface area contributed by atoms with Crippen molar-refractivity contribution in [1.82, 2.24) is 19.9 Å². The highest BCUT2D eigenvalue weighted by Crippen LogP contribution is 2.37. The van der Waals surface area contributed by atoms with Crippen molar-refractivity contribution in [1.29, 1.82) is 0 Å². The number of H-pyrrole nitrogens is 4. The molecule has 0 spiro atoms. The first-order valence-electron chi connectivity index (χ1n) is 21.0. The lowest BCUT2D eigenvalue weighted by atomic mass is 9.90. The zero-order valence-corrected chi connectivity index (χ0v) is 36.3. The van der Waals surface area contributed by atoms with E-state index in [0.717, 1.165) is 10.8 Å². The number of carbonyl (C=O) groups is 4. The normalized spacial score (nSPS) is 12.4. The lowest BCUT2D eigenvalue weighted by molar-refractivity contribution is 0.0294. The zero-order chi connectivity index (χ0) is 45.1. The lowest BCUT2D eigenvalue weighted by Crippen LogP contribution is -2.28. The van der Waals surface area contributed by atoms with Gasteiger partial charge in [0, 0.05) is 43.1 Å². The van der Waals surface area contributed by atoms with Gasteiger partial charge in [-0.25, -0.2) is 39.1 Å². The molecule has 4 N–H and O–H groups in total. The van der Waals surface area contributed by atoms with Gasteiger partial charge in [0.25, 0.3) is 0 Å². The summed E-state index contributed by atoms with van der Waals surface area (Å²) in [6.45, 7) is 13.0. The predicted molar refractivity (Wildman–Crippen MR) is 239 cm³/mol. The van der Waals surface area contributed by atoms with E-state index in [0.29, 0.717) is 55.8 Å². The maximum atomic E-state index is 14.8. The minimum absolute atomic E-state index is 0.0237. The second-order valence-corrected chi connectivity index (χ2v) is 16.4. The molecule has 4 aromatic carbocycles. The Balaban J connectivity index is 1.57. The fourth-order valence-electron chi connectivity index (χ4n) is 7.94. The van der Waals surface area contributed by atoms with Crippen molar-refractivity contribution >= 4 is 90.2 Å². The molecule has 16 heteroatoms. The SMILES string of the molecule is CC(C)OC(=O)c1c(C(=O)OC(C)C)c(C(=O)OC(C)C)c2c3[nH]c(c2c1C(=O)OC(C)C)=Nc1[nH]c(c2ccccc12)N=c1[nH]c(c2ccccc12)=Nc1[nH]c(c2ccccc12)N=3. The molecule has 5 heterocycles. The first-order valence-corrected chi connectivity index (χ1v) is 21.0. The minimum Gasteiger partial charge on any atom is -0.459 e. The van der Waals surface area contributed by atoms with E-state index in [1.165, 1.54) is 0 Å². The molecule has 4 aromatic heterocycles. The maximum absolute atomic E-state index is 14.8. The number of nitrogens with one attached hydrogen (secondary N) is 4. The molecule has 0 fully saturated rings. The van der Waals surface area contributed by atoms with E-state index < -0.39 is 70.5 Å². The van der Waals surface area contributed by atoms with Crippen LogP contribution in [0, 0.1) is 0 Å². The molecule has 0 saturated heterocycles. The smallest absolute Gasteiger partial charge is 0.340 e. The molecule has 0 unspecified atom stereocenters. The minimum atomic E-state index is -1.09. The van der Waals surface area contributed by atoms with Gasteiger partial charge in [0.15, 0.2) is 0 Å². The number of esters is 4. The van der Waals surface area contributed by atoms with Gasteiger partial charge >= 0.3 is 23.9 Å². The number of rotatable bonds is 8. The van der Waals surface area contributed by atoms with Gasteiger partial charge in [-0.1, -0.05) is 72.8 Å². The van der Waals surface area contributed by atoms with Crippen LogP contribution in [0.3, 0.4) is 0 Å². The third-order valence-corrected chi connectivity index (χ3v) is 10.3. The van der Waals surface area contributed by atoms with Crippen LogP contribution in [0.4, 0.5) is 23.3 Å². The quantitative estimate of drug-likeness (QED) is 0.0865. The molecule has 8 aromatic rings. The number of nitrogens with zero attached hydrogens (tertiary/aromatic N) is 4. The fourth-order valence-corrected chi connectivity index (χ4v) is 7.94. The molecule has 0 atom stereocenters. The van der Waals surface area contributed by atoms with Crippen LogP contribution < -0.4 is 22.0 Å². The summed E-state index contributed by atoms with van der Waals surface area (Å²) in [6.07, 6.45) is -2.83. The average molecular weight is 861 g/mol. The second-order valence-electron chi connectivity index (χ2n) is 16.4. The fraction of sp³-hybridized carbons (Fsp3) is 0.250. The third kappa shape index (κ3) is 7.25. The summed E-state index contributed by atoms with van der Waals surface area (Å²) >= 11 is 0. The van der Waals surface area contributed by atoms with Crippen LogP contribution in [0.15, 0.2) is 92.8 Å². The first-order chi connectivity index (χ1) is 30.7. The standard InChI is InChI=1S/C48H44N8O8/c1-21(2)61-45(57)33-31-32(34(46(58)62-22(3)4)36(48(60)64-24(7)8)35(33)47(59)63-23(5)6)44-55-42-30-20-14-12-18-28(30)40(53-42)51-38-26-16-10-9-15-25(26)37(49-38)50-39-27-17-11-13-19-29(27)41(52-39)54-43(31)56-44/h9-24H,1-8H3,(H4,49,50,51,52,53,54,55,56). The molecule has 64 heavy (non-hydrogen) atoms. The topological polar surface area (TPSA) is 218 Å². The maximum Gasteiger partial charge on any atom is 0.340 e. The van der Waals surface area contributed by atoms with Crippen molar-refractivity contribution in [2.75, 3.05) is 0 Å². The van der Waals surface area contributed by atoms with Crippen LogP contribution in [0.1, 0.15) is 96.8 Å². The van der Waals surface area contributed by atoms with Crippen molar-refractivity contribution in [2.24, 2.45) is 20.0 Å². The molecule has 0 radical (unpaired) electrons. The van der Waals surface area contributed by atoms with E-state index in [-0.39, 0.29) is 21.7 Å². The molecule has 9 rings (SSSR count). The van der Waals surface area contributed by atoms with Gasteiger partial charge in [0.2, 0.25) is 0 Å². The summed E-state index contributed by atoms with van der Waals surface area (Å²) in [5, 5.41) is 4.23. The van der Waals surface area contributed by atoms with E-state index >= 15 is 0 Å². The Kier molecular flexibility index (Phi) is 10.4. The Bertz CT molecular complexity index is 3290. The number of ether oxygens (including phenoxy) is 4. The largest absolute Gasteiger partial charge is 0.459 e. The van der Waals surface area contributed by atoms with Gasteiger partial charge in [-0.05, 0) is 55.4 Å². The number of aromatic amines is 4. The summed E-state index contributed by atoms with van der Waals surface area (Å²) in [6, 6.07) is 22.7. The summed E-state index contributed by atoms with van der Waals surface area (Å²) in [5.41, 5.74) is -0.905. The number of aromatic nitrogens is 4. The van der Waals surface area contributed by atoms with Crippen LogP contribution in [0.5, 0.6) is 0 Å². The highest BCUT2D eigenvalue weighted by molar-refractivity contribution is 6.24. The third-order valence-electron chi connectivity index (χ3n) is 10.3. The Morgan fingerprint density at radius 1 is 0.359 bits per heavy atom. The van der Waals surface area contributed by atoms with E-state index in [4.69, 9.17) is 38.9 Å². The van der Waals surface area contributed by atoms with Gasteiger partial charge < -0.3 is 38.9 Å². The highest BCUT2D eigenvalue weighted by Gasteiger charge is 2.39. The number of hydrogen-bond donors (Lipinski definition) is 4. The Morgan fingerprint density at radius 3 is 0.906 bits per heavy atom. The van der Waals surface area contributed by atoms with E-state index in [2.05, 4.69) is 19.9 Å². The highest BCUT2D eigenvalue weighted by atomic mass is 16.6. The van der Waals surface area contributed by atoms with Gasteiger partial charge in [-0.3, -0.25) is 0 Å². The Labute approximate surface area is 364 Å².